The van der Waals surface area contributed by atoms with Crippen molar-refractivity contribution in [3.05, 3.63) is 17.5 Å². The minimum absolute atomic E-state index is 0.0385. The van der Waals surface area contributed by atoms with Gasteiger partial charge in [-0.25, -0.2) is 9.97 Å². The summed E-state index contributed by atoms with van der Waals surface area (Å²) in [6.07, 6.45) is 2.96. The van der Waals surface area contributed by atoms with Crippen molar-refractivity contribution in [1.82, 2.24) is 14.9 Å². The van der Waals surface area contributed by atoms with E-state index in [2.05, 4.69) is 22.2 Å². The monoisotopic (exact) mass is 276 g/mol. The van der Waals surface area contributed by atoms with Crippen LogP contribution in [0.4, 0.5) is 5.95 Å². The van der Waals surface area contributed by atoms with Crippen LogP contribution in [0.1, 0.15) is 42.7 Å². The second-order valence-electron chi connectivity index (χ2n) is 5.13. The van der Waals surface area contributed by atoms with Crippen LogP contribution in [0.15, 0.2) is 6.20 Å². The van der Waals surface area contributed by atoms with Crippen molar-refractivity contribution in [3.8, 4) is 0 Å². The number of hydrogen-bond acceptors (Lipinski definition) is 5. The van der Waals surface area contributed by atoms with E-state index in [9.17, 15) is 9.59 Å². The summed E-state index contributed by atoms with van der Waals surface area (Å²) >= 11 is 0. The highest BCUT2D eigenvalue weighted by molar-refractivity contribution is 5.94. The minimum Gasteiger partial charge on any atom is -0.349 e. The number of anilines is 1. The molecule has 108 valence electrons. The predicted molar refractivity (Wildman–Crippen MR) is 75.7 cm³/mol. The van der Waals surface area contributed by atoms with Crippen molar-refractivity contribution in [2.75, 3.05) is 18.4 Å². The van der Waals surface area contributed by atoms with Gasteiger partial charge in [0.25, 0.3) is 0 Å². The number of rotatable bonds is 5. The lowest BCUT2D eigenvalue weighted by Crippen LogP contribution is -2.29. The lowest BCUT2D eigenvalue weighted by molar-refractivity contribution is -0.127. The molecule has 0 aliphatic carbocycles. The van der Waals surface area contributed by atoms with Crippen LogP contribution in [-0.2, 0) is 4.79 Å². The number of ketones is 1. The van der Waals surface area contributed by atoms with Crippen LogP contribution in [-0.4, -0.2) is 45.7 Å². The van der Waals surface area contributed by atoms with E-state index in [1.54, 1.807) is 6.92 Å². The number of amides is 1. The van der Waals surface area contributed by atoms with Crippen LogP contribution < -0.4 is 5.32 Å². The maximum atomic E-state index is 11.8. The molecule has 1 aromatic rings. The summed E-state index contributed by atoms with van der Waals surface area (Å²) in [6.45, 7) is 6.81. The van der Waals surface area contributed by atoms with Crippen LogP contribution in [0, 0.1) is 6.92 Å². The normalized spacial score (nSPS) is 18.4. The molecule has 0 saturated carbocycles. The predicted octanol–water partition coefficient (Wildman–Crippen LogP) is 1.41. The molecule has 0 spiro atoms. The van der Waals surface area contributed by atoms with Crippen LogP contribution >= 0.6 is 0 Å². The zero-order valence-corrected chi connectivity index (χ0v) is 12.1. The molecular formula is C14H20N4O2. The molecule has 0 radical (unpaired) electrons. The highest BCUT2D eigenvalue weighted by atomic mass is 16.2. The summed E-state index contributed by atoms with van der Waals surface area (Å²) in [7, 11) is 0. The zero-order valence-electron chi connectivity index (χ0n) is 12.1. The number of likely N-dealkylation sites (tertiary alicyclic amines) is 1. The fourth-order valence-corrected chi connectivity index (χ4v) is 2.42. The standard InChI is InChI=1S/C14H20N4O2/c1-4-5-18-8-11(6-13(18)20)17-14-15-7-12(10(3)19)9(2)16-14/h7,11H,4-6,8H2,1-3H3,(H,15,16,17). The molecule has 1 amide bonds. The Balaban J connectivity index is 2.03. The quantitative estimate of drug-likeness (QED) is 0.823. The molecule has 1 unspecified atom stereocenters. The number of nitrogens with one attached hydrogen (secondary N) is 1. The van der Waals surface area contributed by atoms with Crippen molar-refractivity contribution >= 4 is 17.6 Å². The van der Waals surface area contributed by atoms with Gasteiger partial charge in [-0.15, -0.1) is 0 Å². The maximum absolute atomic E-state index is 11.8. The summed E-state index contributed by atoms with van der Waals surface area (Å²) in [6, 6.07) is 0.0385. The third kappa shape index (κ3) is 3.12. The molecule has 1 aliphatic rings. The Morgan fingerprint density at radius 1 is 1.55 bits per heavy atom. The first-order valence-corrected chi connectivity index (χ1v) is 6.90. The number of carbonyl (C=O) groups excluding carboxylic acids is 2. The minimum atomic E-state index is -0.0424. The van der Waals surface area contributed by atoms with Gasteiger partial charge in [0.1, 0.15) is 0 Å². The molecule has 1 aromatic heterocycles. The Bertz CT molecular complexity index is 530. The molecule has 1 N–H and O–H groups in total. The van der Waals surface area contributed by atoms with E-state index >= 15 is 0 Å². The summed E-state index contributed by atoms with van der Waals surface area (Å²) < 4.78 is 0. The molecular weight excluding hydrogens is 256 g/mol. The van der Waals surface area contributed by atoms with Gasteiger partial charge < -0.3 is 10.2 Å². The van der Waals surface area contributed by atoms with Gasteiger partial charge in [-0.1, -0.05) is 6.92 Å². The molecule has 1 aliphatic heterocycles. The molecule has 6 heteroatoms. The average molecular weight is 276 g/mol. The van der Waals surface area contributed by atoms with Crippen molar-refractivity contribution in [2.24, 2.45) is 0 Å². The Labute approximate surface area is 118 Å². The first-order chi connectivity index (χ1) is 9.51. The lowest BCUT2D eigenvalue weighted by atomic mass is 10.2. The maximum Gasteiger partial charge on any atom is 0.224 e. The fourth-order valence-electron chi connectivity index (χ4n) is 2.42. The topological polar surface area (TPSA) is 75.2 Å². The third-order valence-electron chi connectivity index (χ3n) is 3.40. The number of Topliss-reactive ketones (excluding diaryl/α,β-unsaturated/α-hetero) is 1. The second kappa shape index (κ2) is 5.98. The van der Waals surface area contributed by atoms with E-state index in [0.717, 1.165) is 13.0 Å². The van der Waals surface area contributed by atoms with Gasteiger partial charge in [-0.3, -0.25) is 9.59 Å². The van der Waals surface area contributed by atoms with Crippen molar-refractivity contribution in [2.45, 2.75) is 39.7 Å². The average Bonchev–Trinajstić information content (AvgIpc) is 2.70. The fraction of sp³-hybridized carbons (Fsp3) is 0.571. The molecule has 20 heavy (non-hydrogen) atoms. The Morgan fingerprint density at radius 2 is 2.30 bits per heavy atom. The molecule has 0 aromatic carbocycles. The van der Waals surface area contributed by atoms with Gasteiger partial charge in [-0.2, -0.15) is 0 Å². The summed E-state index contributed by atoms with van der Waals surface area (Å²) in [5.74, 6) is 0.601. The highest BCUT2D eigenvalue weighted by Gasteiger charge is 2.29. The molecule has 1 saturated heterocycles. The smallest absolute Gasteiger partial charge is 0.224 e. The SMILES string of the molecule is CCCN1CC(Nc2ncc(C(C)=O)c(C)n2)CC1=O. The summed E-state index contributed by atoms with van der Waals surface area (Å²) in [5.41, 5.74) is 1.19. The van der Waals surface area contributed by atoms with Gasteiger partial charge in [0, 0.05) is 25.7 Å². The van der Waals surface area contributed by atoms with E-state index in [-0.39, 0.29) is 17.7 Å². The zero-order chi connectivity index (χ0) is 14.7. The molecule has 1 atom stereocenters. The lowest BCUT2D eigenvalue weighted by Gasteiger charge is -2.16. The first kappa shape index (κ1) is 14.4. The number of aryl methyl sites for hydroxylation is 1. The number of nitrogens with zero attached hydrogens (tertiary/aromatic N) is 3. The van der Waals surface area contributed by atoms with Gasteiger partial charge in [0.15, 0.2) is 5.78 Å². The van der Waals surface area contributed by atoms with Crippen LogP contribution in [0.25, 0.3) is 0 Å². The second-order valence-corrected chi connectivity index (χ2v) is 5.13. The summed E-state index contributed by atoms with van der Waals surface area (Å²) in [4.78, 5) is 33.4. The van der Waals surface area contributed by atoms with Gasteiger partial charge in [-0.05, 0) is 20.3 Å². The van der Waals surface area contributed by atoms with Crippen LogP contribution in [0.5, 0.6) is 0 Å². The largest absolute Gasteiger partial charge is 0.349 e. The number of aromatic nitrogens is 2. The number of carbonyl (C=O) groups is 2. The Kier molecular flexibility index (Phi) is 4.32. The van der Waals surface area contributed by atoms with E-state index in [4.69, 9.17) is 0 Å². The highest BCUT2D eigenvalue weighted by Crippen LogP contribution is 2.16. The Morgan fingerprint density at radius 3 is 2.90 bits per heavy atom. The molecule has 0 bridgehead atoms. The van der Waals surface area contributed by atoms with Crippen molar-refractivity contribution < 1.29 is 9.59 Å². The Hall–Kier alpha value is -1.98. The van der Waals surface area contributed by atoms with Crippen LogP contribution in [0.2, 0.25) is 0 Å². The third-order valence-corrected chi connectivity index (χ3v) is 3.40. The molecule has 6 nitrogen and oxygen atoms in total. The van der Waals surface area contributed by atoms with Crippen LogP contribution in [0.3, 0.4) is 0 Å². The summed E-state index contributed by atoms with van der Waals surface area (Å²) in [5, 5.41) is 3.17. The van der Waals surface area contributed by atoms with E-state index in [0.29, 0.717) is 30.2 Å². The van der Waals surface area contributed by atoms with Gasteiger partial charge in [0.2, 0.25) is 11.9 Å². The van der Waals surface area contributed by atoms with E-state index < -0.39 is 0 Å². The number of hydrogen-bond donors (Lipinski definition) is 1. The van der Waals surface area contributed by atoms with Gasteiger partial charge >= 0.3 is 0 Å². The molecule has 2 heterocycles. The van der Waals surface area contributed by atoms with Gasteiger partial charge in [0.05, 0.1) is 17.3 Å². The van der Waals surface area contributed by atoms with E-state index in [1.807, 2.05) is 4.90 Å². The van der Waals surface area contributed by atoms with Crippen molar-refractivity contribution in [1.29, 1.82) is 0 Å². The first-order valence-electron chi connectivity index (χ1n) is 6.90. The molecule has 2 rings (SSSR count). The van der Waals surface area contributed by atoms with E-state index in [1.165, 1.54) is 13.1 Å². The molecule has 1 fully saturated rings. The van der Waals surface area contributed by atoms with Crippen molar-refractivity contribution in [3.63, 3.8) is 0 Å².